The maximum absolute atomic E-state index is 12.4. The minimum Gasteiger partial charge on any atom is -0.374 e. The highest BCUT2D eigenvalue weighted by molar-refractivity contribution is 5.81. The van der Waals surface area contributed by atoms with Crippen LogP contribution in [0.15, 0.2) is 0 Å². The molecule has 2 saturated heterocycles. The number of carbonyl (C=O) groups excluding carboxylic acids is 1. The Labute approximate surface area is 116 Å². The molecule has 2 rings (SSSR count). The molecule has 1 amide bonds. The summed E-state index contributed by atoms with van der Waals surface area (Å²) < 4.78 is 5.75. The second kappa shape index (κ2) is 6.71. The predicted molar refractivity (Wildman–Crippen MR) is 76.1 cm³/mol. The number of hydrogen-bond donors (Lipinski definition) is 1. The molecule has 2 unspecified atom stereocenters. The molecule has 0 spiro atoms. The lowest BCUT2D eigenvalue weighted by molar-refractivity contribution is -0.133. The van der Waals surface area contributed by atoms with E-state index in [0.717, 1.165) is 51.9 Å². The van der Waals surface area contributed by atoms with Gasteiger partial charge >= 0.3 is 0 Å². The molecule has 0 bridgehead atoms. The average molecular weight is 268 g/mol. The van der Waals surface area contributed by atoms with Crippen LogP contribution in [-0.4, -0.2) is 48.7 Å². The third kappa shape index (κ3) is 4.18. The first-order valence-electron chi connectivity index (χ1n) is 7.77. The van der Waals surface area contributed by atoms with Crippen molar-refractivity contribution in [3.8, 4) is 0 Å². The molecule has 2 aliphatic heterocycles. The van der Waals surface area contributed by atoms with Gasteiger partial charge in [-0.2, -0.15) is 0 Å². The molecule has 110 valence electrons. The van der Waals surface area contributed by atoms with Crippen LogP contribution < -0.4 is 5.32 Å². The van der Waals surface area contributed by atoms with Gasteiger partial charge in [-0.15, -0.1) is 0 Å². The molecule has 2 atom stereocenters. The Kier molecular flexibility index (Phi) is 5.22. The van der Waals surface area contributed by atoms with Crippen LogP contribution in [0.25, 0.3) is 0 Å². The zero-order valence-corrected chi connectivity index (χ0v) is 12.4. The van der Waals surface area contributed by atoms with E-state index in [1.807, 2.05) is 11.8 Å². The van der Waals surface area contributed by atoms with E-state index in [1.165, 1.54) is 12.8 Å². The quantitative estimate of drug-likeness (QED) is 0.847. The first kappa shape index (κ1) is 14.8. The zero-order chi connectivity index (χ0) is 13.7. The van der Waals surface area contributed by atoms with E-state index in [9.17, 15) is 4.79 Å². The van der Waals surface area contributed by atoms with Gasteiger partial charge < -0.3 is 15.0 Å². The fourth-order valence-electron chi connectivity index (χ4n) is 3.00. The summed E-state index contributed by atoms with van der Waals surface area (Å²) in [6.07, 6.45) is 7.05. The summed E-state index contributed by atoms with van der Waals surface area (Å²) in [7, 11) is 0. The Hall–Kier alpha value is -0.610. The van der Waals surface area contributed by atoms with Crippen LogP contribution in [0.5, 0.6) is 0 Å². The third-order valence-corrected chi connectivity index (χ3v) is 4.37. The van der Waals surface area contributed by atoms with E-state index in [-0.39, 0.29) is 17.6 Å². The lowest BCUT2D eigenvalue weighted by atomic mass is 10.0. The van der Waals surface area contributed by atoms with Gasteiger partial charge in [0.25, 0.3) is 0 Å². The molecule has 0 aromatic rings. The van der Waals surface area contributed by atoms with Gasteiger partial charge in [-0.3, -0.25) is 4.79 Å². The summed E-state index contributed by atoms with van der Waals surface area (Å²) in [5.74, 6) is 0.253. The molecule has 0 radical (unpaired) electrons. The van der Waals surface area contributed by atoms with E-state index in [0.29, 0.717) is 0 Å². The number of hydrogen-bond acceptors (Lipinski definition) is 3. The molecule has 0 aromatic carbocycles. The molecule has 1 N–H and O–H groups in total. The summed E-state index contributed by atoms with van der Waals surface area (Å²) in [6, 6.07) is -0.0980. The van der Waals surface area contributed by atoms with Crippen LogP contribution >= 0.6 is 0 Å². The second-order valence-corrected chi connectivity index (χ2v) is 6.24. The minimum atomic E-state index is -0.0980. The topological polar surface area (TPSA) is 41.6 Å². The van der Waals surface area contributed by atoms with Crippen LogP contribution in [0.4, 0.5) is 0 Å². The van der Waals surface area contributed by atoms with Gasteiger partial charge in [-0.05, 0) is 39.5 Å². The Bertz CT molecular complexity index is 293. The van der Waals surface area contributed by atoms with Crippen molar-refractivity contribution >= 4 is 5.91 Å². The zero-order valence-electron chi connectivity index (χ0n) is 12.4. The number of likely N-dealkylation sites (tertiary alicyclic amines) is 1. The Morgan fingerprint density at radius 3 is 2.53 bits per heavy atom. The molecule has 0 aromatic heterocycles. The molecular weight excluding hydrogens is 240 g/mol. The molecule has 0 saturated carbocycles. The van der Waals surface area contributed by atoms with Gasteiger partial charge in [-0.25, -0.2) is 0 Å². The normalized spacial score (nSPS) is 30.1. The fourth-order valence-corrected chi connectivity index (χ4v) is 3.00. The number of carbonyl (C=O) groups is 1. The van der Waals surface area contributed by atoms with Gasteiger partial charge in [-0.1, -0.05) is 12.8 Å². The first-order chi connectivity index (χ1) is 9.11. The van der Waals surface area contributed by atoms with Crippen molar-refractivity contribution in [1.82, 2.24) is 10.2 Å². The van der Waals surface area contributed by atoms with Crippen molar-refractivity contribution in [2.75, 3.05) is 26.2 Å². The molecule has 2 heterocycles. The van der Waals surface area contributed by atoms with Crippen molar-refractivity contribution in [3.05, 3.63) is 0 Å². The SMILES string of the molecule is CC(NCC1(C)CCCO1)C(=O)N1CCCCCC1. The summed E-state index contributed by atoms with van der Waals surface area (Å²) in [5, 5.41) is 3.37. The van der Waals surface area contributed by atoms with Gasteiger partial charge in [0.1, 0.15) is 0 Å². The number of ether oxygens (including phenoxy) is 1. The molecule has 0 aliphatic carbocycles. The highest BCUT2D eigenvalue weighted by Crippen LogP contribution is 2.24. The van der Waals surface area contributed by atoms with Crippen LogP contribution in [0.2, 0.25) is 0 Å². The van der Waals surface area contributed by atoms with Crippen molar-refractivity contribution in [1.29, 1.82) is 0 Å². The molecule has 4 nitrogen and oxygen atoms in total. The van der Waals surface area contributed by atoms with Crippen LogP contribution in [0.1, 0.15) is 52.4 Å². The summed E-state index contributed by atoms with van der Waals surface area (Å²) in [4.78, 5) is 14.4. The van der Waals surface area contributed by atoms with E-state index in [4.69, 9.17) is 4.74 Å². The fraction of sp³-hybridized carbons (Fsp3) is 0.933. The van der Waals surface area contributed by atoms with Crippen molar-refractivity contribution < 1.29 is 9.53 Å². The van der Waals surface area contributed by atoms with Gasteiger partial charge in [0.2, 0.25) is 5.91 Å². The highest BCUT2D eigenvalue weighted by atomic mass is 16.5. The third-order valence-electron chi connectivity index (χ3n) is 4.37. The predicted octanol–water partition coefficient (Wildman–Crippen LogP) is 1.94. The van der Waals surface area contributed by atoms with E-state index in [1.54, 1.807) is 0 Å². The maximum atomic E-state index is 12.4. The number of amides is 1. The molecule has 4 heteroatoms. The first-order valence-corrected chi connectivity index (χ1v) is 7.77. The van der Waals surface area contributed by atoms with Crippen molar-refractivity contribution in [2.24, 2.45) is 0 Å². The van der Waals surface area contributed by atoms with Gasteiger partial charge in [0.05, 0.1) is 11.6 Å². The van der Waals surface area contributed by atoms with E-state index < -0.39 is 0 Å². The smallest absolute Gasteiger partial charge is 0.239 e. The lowest BCUT2D eigenvalue weighted by Gasteiger charge is -2.28. The minimum absolute atomic E-state index is 0.0761. The second-order valence-electron chi connectivity index (χ2n) is 6.24. The average Bonchev–Trinajstić information content (AvgIpc) is 2.68. The lowest BCUT2D eigenvalue weighted by Crippen LogP contribution is -2.49. The Morgan fingerprint density at radius 1 is 1.26 bits per heavy atom. The monoisotopic (exact) mass is 268 g/mol. The molecular formula is C15H28N2O2. The summed E-state index contributed by atoms with van der Waals surface area (Å²) in [5.41, 5.74) is -0.0761. The van der Waals surface area contributed by atoms with Crippen LogP contribution in [0.3, 0.4) is 0 Å². The number of nitrogens with zero attached hydrogens (tertiary/aromatic N) is 1. The Morgan fingerprint density at radius 2 is 1.95 bits per heavy atom. The van der Waals surface area contributed by atoms with E-state index in [2.05, 4.69) is 12.2 Å². The Balaban J connectivity index is 1.78. The molecule has 2 fully saturated rings. The van der Waals surface area contributed by atoms with Gasteiger partial charge in [0, 0.05) is 26.2 Å². The highest BCUT2D eigenvalue weighted by Gasteiger charge is 2.31. The summed E-state index contributed by atoms with van der Waals surface area (Å²) in [6.45, 7) is 7.60. The van der Waals surface area contributed by atoms with Crippen LogP contribution in [-0.2, 0) is 9.53 Å². The largest absolute Gasteiger partial charge is 0.374 e. The van der Waals surface area contributed by atoms with Crippen LogP contribution in [0, 0.1) is 0 Å². The van der Waals surface area contributed by atoms with Crippen molar-refractivity contribution in [2.45, 2.75) is 64.0 Å². The molecule has 19 heavy (non-hydrogen) atoms. The standard InChI is InChI=1S/C15H28N2O2/c1-13(16-12-15(2)8-7-11-19-15)14(18)17-9-5-3-4-6-10-17/h13,16H,3-12H2,1-2H3. The van der Waals surface area contributed by atoms with Gasteiger partial charge in [0.15, 0.2) is 0 Å². The summed E-state index contributed by atoms with van der Waals surface area (Å²) >= 11 is 0. The number of nitrogens with one attached hydrogen (secondary N) is 1. The van der Waals surface area contributed by atoms with Crippen molar-refractivity contribution in [3.63, 3.8) is 0 Å². The maximum Gasteiger partial charge on any atom is 0.239 e. The van der Waals surface area contributed by atoms with E-state index >= 15 is 0 Å². The number of rotatable bonds is 4. The molecule has 2 aliphatic rings.